The van der Waals surface area contributed by atoms with Crippen LogP contribution in [0.2, 0.25) is 5.02 Å². The Morgan fingerprint density at radius 1 is 1.11 bits per heavy atom. The Kier molecular flexibility index (Phi) is 4.72. The molecule has 2 aromatic carbocycles. The summed E-state index contributed by atoms with van der Waals surface area (Å²) in [6, 6.07) is 8.05. The third kappa shape index (κ3) is 3.42. The van der Waals surface area contributed by atoms with Crippen molar-refractivity contribution in [3.8, 4) is 0 Å². The van der Waals surface area contributed by atoms with Crippen molar-refractivity contribution in [3.05, 3.63) is 67.8 Å². The topological polar surface area (TPSA) is 38.0 Å². The molecule has 19 heavy (non-hydrogen) atoms. The third-order valence-electron chi connectivity index (χ3n) is 2.65. The van der Waals surface area contributed by atoms with Crippen LogP contribution in [-0.4, -0.2) is 0 Å². The molecule has 1 atom stereocenters. The van der Waals surface area contributed by atoms with E-state index in [2.05, 4.69) is 28.0 Å². The summed E-state index contributed by atoms with van der Waals surface area (Å²) in [5, 5.41) is 0.535. The molecule has 0 spiro atoms. The van der Waals surface area contributed by atoms with Crippen molar-refractivity contribution in [2.24, 2.45) is 5.84 Å². The summed E-state index contributed by atoms with van der Waals surface area (Å²) in [6.07, 6.45) is 0. The first kappa shape index (κ1) is 14.6. The Labute approximate surface area is 128 Å². The summed E-state index contributed by atoms with van der Waals surface area (Å²) in [5.41, 5.74) is 3.73. The molecule has 2 nitrogen and oxygen atoms in total. The van der Waals surface area contributed by atoms with E-state index in [1.165, 1.54) is 12.1 Å². The summed E-state index contributed by atoms with van der Waals surface area (Å²) in [4.78, 5) is 0. The molecule has 0 heterocycles. The second-order valence-electron chi connectivity index (χ2n) is 3.97. The second kappa shape index (κ2) is 6.13. The maximum absolute atomic E-state index is 13.3. The van der Waals surface area contributed by atoms with Gasteiger partial charge in [0.2, 0.25) is 0 Å². The lowest BCUT2D eigenvalue weighted by Crippen LogP contribution is -2.29. The van der Waals surface area contributed by atoms with Crippen LogP contribution in [0, 0.1) is 15.2 Å². The van der Waals surface area contributed by atoms with E-state index in [1.807, 2.05) is 6.07 Å². The largest absolute Gasteiger partial charge is 0.271 e. The number of nitrogens with one attached hydrogen (secondary N) is 1. The summed E-state index contributed by atoms with van der Waals surface area (Å²) in [6.45, 7) is 0. The van der Waals surface area contributed by atoms with Crippen LogP contribution in [0.3, 0.4) is 0 Å². The molecule has 0 saturated carbocycles. The Morgan fingerprint density at radius 2 is 1.74 bits per heavy atom. The summed E-state index contributed by atoms with van der Waals surface area (Å²) in [5.74, 6) is 4.22. The lowest BCUT2D eigenvalue weighted by atomic mass is 9.99. The highest BCUT2D eigenvalue weighted by molar-refractivity contribution is 14.1. The van der Waals surface area contributed by atoms with Crippen LogP contribution in [0.4, 0.5) is 8.78 Å². The Hall–Kier alpha value is -0.760. The number of halogens is 4. The van der Waals surface area contributed by atoms with E-state index < -0.39 is 17.7 Å². The van der Waals surface area contributed by atoms with Crippen molar-refractivity contribution in [3.63, 3.8) is 0 Å². The van der Waals surface area contributed by atoms with Crippen LogP contribution in [0.15, 0.2) is 36.4 Å². The average Bonchev–Trinajstić information content (AvgIpc) is 2.33. The molecule has 0 amide bonds. The molecule has 0 bridgehead atoms. The lowest BCUT2D eigenvalue weighted by molar-refractivity contribution is 0.565. The molecule has 0 aromatic heterocycles. The zero-order valence-corrected chi connectivity index (χ0v) is 12.5. The standard InChI is InChI=1S/C13H10ClF2IN2/c14-8-1-2-12(17)11(5-8)13(19-18)7-3-9(15)6-10(16)4-7/h1-6,13,19H,18H2. The first-order chi connectivity index (χ1) is 9.01. The number of hydrogen-bond acceptors (Lipinski definition) is 2. The third-order valence-corrected chi connectivity index (χ3v) is 3.87. The van der Waals surface area contributed by atoms with Gasteiger partial charge in [0.1, 0.15) is 11.6 Å². The van der Waals surface area contributed by atoms with Crippen molar-refractivity contribution < 1.29 is 8.78 Å². The van der Waals surface area contributed by atoms with Crippen LogP contribution in [0.25, 0.3) is 0 Å². The van der Waals surface area contributed by atoms with Crippen molar-refractivity contribution in [2.75, 3.05) is 0 Å². The minimum atomic E-state index is -0.646. The predicted molar refractivity (Wildman–Crippen MR) is 79.7 cm³/mol. The van der Waals surface area contributed by atoms with E-state index >= 15 is 0 Å². The van der Waals surface area contributed by atoms with Crippen LogP contribution < -0.4 is 11.3 Å². The van der Waals surface area contributed by atoms with E-state index in [0.29, 0.717) is 10.6 Å². The first-order valence-electron chi connectivity index (χ1n) is 5.38. The van der Waals surface area contributed by atoms with Gasteiger partial charge in [-0.2, -0.15) is 0 Å². The highest BCUT2D eigenvalue weighted by Crippen LogP contribution is 2.29. The molecule has 3 N–H and O–H groups in total. The van der Waals surface area contributed by atoms with Gasteiger partial charge in [0.15, 0.2) is 0 Å². The van der Waals surface area contributed by atoms with Gasteiger partial charge in [-0.05, 0) is 64.0 Å². The van der Waals surface area contributed by atoms with Crippen LogP contribution in [0.1, 0.15) is 17.2 Å². The fourth-order valence-electron chi connectivity index (χ4n) is 1.84. The smallest absolute Gasteiger partial charge is 0.126 e. The molecule has 2 rings (SSSR count). The lowest BCUT2D eigenvalue weighted by Gasteiger charge is -2.19. The Bertz CT molecular complexity index is 587. The molecule has 1 unspecified atom stereocenters. The van der Waals surface area contributed by atoms with E-state index in [1.54, 1.807) is 12.1 Å². The fraction of sp³-hybridized carbons (Fsp3) is 0.0769. The molecule has 2 aromatic rings. The SMILES string of the molecule is NNC(c1cc(F)cc(F)c1)c1cc(Cl)ccc1I. The van der Waals surface area contributed by atoms with Crippen molar-refractivity contribution in [2.45, 2.75) is 6.04 Å². The van der Waals surface area contributed by atoms with Crippen LogP contribution in [-0.2, 0) is 0 Å². The fourth-order valence-corrected chi connectivity index (χ4v) is 2.67. The van der Waals surface area contributed by atoms with Crippen LogP contribution >= 0.6 is 34.2 Å². The van der Waals surface area contributed by atoms with Gasteiger partial charge in [-0.25, -0.2) is 14.2 Å². The molecule has 6 heteroatoms. The molecule has 0 aliphatic carbocycles. The summed E-state index contributed by atoms with van der Waals surface area (Å²) < 4.78 is 27.5. The van der Waals surface area contributed by atoms with E-state index in [-0.39, 0.29) is 0 Å². The van der Waals surface area contributed by atoms with Gasteiger partial charge in [-0.1, -0.05) is 11.6 Å². The van der Waals surface area contributed by atoms with Gasteiger partial charge >= 0.3 is 0 Å². The average molecular weight is 395 g/mol. The Balaban J connectivity index is 2.52. The second-order valence-corrected chi connectivity index (χ2v) is 5.57. The maximum atomic E-state index is 13.3. The quantitative estimate of drug-likeness (QED) is 0.472. The van der Waals surface area contributed by atoms with E-state index in [0.717, 1.165) is 15.2 Å². The van der Waals surface area contributed by atoms with Gasteiger partial charge in [-0.3, -0.25) is 5.84 Å². The van der Waals surface area contributed by atoms with Crippen LogP contribution in [0.5, 0.6) is 0 Å². The maximum Gasteiger partial charge on any atom is 0.126 e. The van der Waals surface area contributed by atoms with Gasteiger partial charge in [0, 0.05) is 14.7 Å². The van der Waals surface area contributed by atoms with Crippen molar-refractivity contribution in [1.29, 1.82) is 0 Å². The molecule has 0 saturated heterocycles. The van der Waals surface area contributed by atoms with Crippen molar-refractivity contribution in [1.82, 2.24) is 5.43 Å². The zero-order valence-electron chi connectivity index (χ0n) is 9.63. The molecular weight excluding hydrogens is 385 g/mol. The monoisotopic (exact) mass is 394 g/mol. The number of benzene rings is 2. The van der Waals surface area contributed by atoms with Gasteiger partial charge < -0.3 is 0 Å². The van der Waals surface area contributed by atoms with Gasteiger partial charge in [-0.15, -0.1) is 0 Å². The normalized spacial score (nSPS) is 12.5. The number of nitrogens with two attached hydrogens (primary N) is 1. The highest BCUT2D eigenvalue weighted by atomic mass is 127. The molecule has 0 aliphatic heterocycles. The number of hydrazine groups is 1. The summed E-state index contributed by atoms with van der Waals surface area (Å²) >= 11 is 8.07. The van der Waals surface area contributed by atoms with E-state index in [4.69, 9.17) is 17.4 Å². The summed E-state index contributed by atoms with van der Waals surface area (Å²) in [7, 11) is 0. The predicted octanol–water partition coefficient (Wildman–Crippen LogP) is 3.78. The first-order valence-corrected chi connectivity index (χ1v) is 6.84. The van der Waals surface area contributed by atoms with E-state index in [9.17, 15) is 8.78 Å². The molecule has 100 valence electrons. The number of rotatable bonds is 3. The Morgan fingerprint density at radius 3 is 2.32 bits per heavy atom. The molecule has 0 radical (unpaired) electrons. The minimum Gasteiger partial charge on any atom is -0.271 e. The molecule has 0 aliphatic rings. The van der Waals surface area contributed by atoms with Gasteiger partial charge in [0.05, 0.1) is 6.04 Å². The molecule has 0 fully saturated rings. The molecular formula is C13H10ClF2IN2. The highest BCUT2D eigenvalue weighted by Gasteiger charge is 2.17. The minimum absolute atomic E-state index is 0.403. The van der Waals surface area contributed by atoms with Gasteiger partial charge in [0.25, 0.3) is 0 Å². The van der Waals surface area contributed by atoms with Crippen molar-refractivity contribution >= 4 is 34.2 Å². The number of hydrogen-bond donors (Lipinski definition) is 2. The zero-order chi connectivity index (χ0) is 14.0.